The molecule has 0 fully saturated rings. The minimum absolute atomic E-state index is 0.901. The van der Waals surface area contributed by atoms with Gasteiger partial charge < -0.3 is 13.9 Å². The summed E-state index contributed by atoms with van der Waals surface area (Å²) in [5.74, 6) is 0. The van der Waals surface area contributed by atoms with E-state index < -0.39 is 0 Å². The lowest BCUT2D eigenvalue weighted by Crippen LogP contribution is -2.12. The molecule has 10 aromatic carbocycles. The third-order valence-electron chi connectivity index (χ3n) is 12.4. The van der Waals surface area contributed by atoms with Crippen LogP contribution in [0.2, 0.25) is 0 Å². The van der Waals surface area contributed by atoms with Crippen molar-refractivity contribution in [1.29, 1.82) is 0 Å². The number of hydrogen-bond acceptors (Lipinski definition) is 2. The molecule has 0 spiro atoms. The molecule has 0 aliphatic carbocycles. The zero-order valence-electron chi connectivity index (χ0n) is 34.4. The van der Waals surface area contributed by atoms with Crippen LogP contribution in [-0.4, -0.2) is 4.57 Å². The topological polar surface area (TPSA) is 21.3 Å². The van der Waals surface area contributed by atoms with E-state index in [-0.39, 0.29) is 0 Å². The van der Waals surface area contributed by atoms with Crippen LogP contribution < -0.4 is 4.90 Å². The molecule has 2 aromatic heterocycles. The van der Waals surface area contributed by atoms with Crippen molar-refractivity contribution in [3.8, 4) is 50.2 Å². The van der Waals surface area contributed by atoms with Crippen LogP contribution in [0.25, 0.3) is 93.9 Å². The molecular formula is C60H40N2O. The summed E-state index contributed by atoms with van der Waals surface area (Å²) in [6.45, 7) is 0. The number of furan rings is 1. The SMILES string of the molecule is c1ccc(-c2ccccc2N(c2ccc(-c3ccc(-n4c5ccccc5c5ccccc54)cc3)cc2)c2ccccc2-c2ccc(-c3cccc4oc5ccccc5c34)cc2)cc1. The molecule has 2 heterocycles. The molecular weight excluding hydrogens is 765 g/mol. The lowest BCUT2D eigenvalue weighted by Gasteiger charge is -2.30. The van der Waals surface area contributed by atoms with E-state index in [1.54, 1.807) is 0 Å². The van der Waals surface area contributed by atoms with Gasteiger partial charge >= 0.3 is 0 Å². The molecule has 0 aliphatic rings. The first-order valence-electron chi connectivity index (χ1n) is 21.5. The van der Waals surface area contributed by atoms with Crippen molar-refractivity contribution in [2.24, 2.45) is 0 Å². The Morgan fingerprint density at radius 3 is 1.38 bits per heavy atom. The Balaban J connectivity index is 0.940. The molecule has 0 saturated carbocycles. The fraction of sp³-hybridized carbons (Fsp3) is 0. The maximum absolute atomic E-state index is 6.25. The number of para-hydroxylation sites is 5. The number of fused-ring (bicyclic) bond motifs is 6. The molecule has 296 valence electrons. The van der Waals surface area contributed by atoms with Crippen molar-refractivity contribution in [3.05, 3.63) is 243 Å². The first-order chi connectivity index (χ1) is 31.3. The van der Waals surface area contributed by atoms with Crippen molar-refractivity contribution in [1.82, 2.24) is 4.57 Å². The second-order valence-electron chi connectivity index (χ2n) is 16.1. The van der Waals surface area contributed by atoms with Gasteiger partial charge in [0.2, 0.25) is 0 Å². The summed E-state index contributed by atoms with van der Waals surface area (Å²) in [6, 6.07) is 87.1. The van der Waals surface area contributed by atoms with E-state index >= 15 is 0 Å². The molecule has 0 radical (unpaired) electrons. The zero-order chi connectivity index (χ0) is 41.7. The molecule has 12 aromatic rings. The Kier molecular flexibility index (Phi) is 8.83. The van der Waals surface area contributed by atoms with Gasteiger partial charge in [0.15, 0.2) is 0 Å². The third-order valence-corrected chi connectivity index (χ3v) is 12.4. The van der Waals surface area contributed by atoms with Crippen LogP contribution in [0.1, 0.15) is 0 Å². The third kappa shape index (κ3) is 6.29. The van der Waals surface area contributed by atoms with E-state index in [4.69, 9.17) is 4.42 Å². The molecule has 0 saturated heterocycles. The largest absolute Gasteiger partial charge is 0.456 e. The van der Waals surface area contributed by atoms with E-state index in [1.807, 2.05) is 12.1 Å². The molecule has 0 amide bonds. The minimum Gasteiger partial charge on any atom is -0.456 e. The van der Waals surface area contributed by atoms with Gasteiger partial charge in [-0.2, -0.15) is 0 Å². The highest BCUT2D eigenvalue weighted by Gasteiger charge is 2.21. The highest BCUT2D eigenvalue weighted by Crippen LogP contribution is 2.46. The lowest BCUT2D eigenvalue weighted by molar-refractivity contribution is 0.669. The second-order valence-corrected chi connectivity index (χ2v) is 16.1. The van der Waals surface area contributed by atoms with Crippen LogP contribution in [0.5, 0.6) is 0 Å². The van der Waals surface area contributed by atoms with Crippen molar-refractivity contribution in [2.45, 2.75) is 0 Å². The number of hydrogen-bond donors (Lipinski definition) is 0. The van der Waals surface area contributed by atoms with Crippen LogP contribution in [0.15, 0.2) is 247 Å². The molecule has 0 atom stereocenters. The predicted molar refractivity (Wildman–Crippen MR) is 264 cm³/mol. The Morgan fingerprint density at radius 1 is 0.302 bits per heavy atom. The second kappa shape index (κ2) is 15.3. The predicted octanol–water partition coefficient (Wildman–Crippen LogP) is 16.8. The van der Waals surface area contributed by atoms with E-state index in [0.29, 0.717) is 0 Å². The number of anilines is 3. The van der Waals surface area contributed by atoms with Gasteiger partial charge in [-0.05, 0) is 94.0 Å². The summed E-state index contributed by atoms with van der Waals surface area (Å²) in [4.78, 5) is 2.42. The fourth-order valence-corrected chi connectivity index (χ4v) is 9.50. The average molecular weight is 805 g/mol. The summed E-state index contributed by atoms with van der Waals surface area (Å²) >= 11 is 0. The van der Waals surface area contributed by atoms with Crippen LogP contribution in [0, 0.1) is 0 Å². The van der Waals surface area contributed by atoms with Gasteiger partial charge in [0.05, 0.1) is 22.4 Å². The normalized spacial score (nSPS) is 11.5. The Morgan fingerprint density at radius 2 is 0.746 bits per heavy atom. The van der Waals surface area contributed by atoms with E-state index in [2.05, 4.69) is 240 Å². The summed E-state index contributed by atoms with van der Waals surface area (Å²) in [5.41, 5.74) is 17.9. The van der Waals surface area contributed by atoms with Crippen LogP contribution in [0.3, 0.4) is 0 Å². The number of benzene rings is 10. The van der Waals surface area contributed by atoms with Gasteiger partial charge in [0, 0.05) is 44.0 Å². The highest BCUT2D eigenvalue weighted by atomic mass is 16.3. The zero-order valence-corrected chi connectivity index (χ0v) is 34.4. The smallest absolute Gasteiger partial charge is 0.136 e. The molecule has 0 aliphatic heterocycles. The highest BCUT2D eigenvalue weighted by molar-refractivity contribution is 6.12. The van der Waals surface area contributed by atoms with Crippen LogP contribution >= 0.6 is 0 Å². The van der Waals surface area contributed by atoms with E-state index in [0.717, 1.165) is 78.1 Å². The van der Waals surface area contributed by atoms with Gasteiger partial charge in [0.1, 0.15) is 11.2 Å². The maximum atomic E-state index is 6.25. The summed E-state index contributed by atoms with van der Waals surface area (Å²) in [6.07, 6.45) is 0. The van der Waals surface area contributed by atoms with Gasteiger partial charge in [-0.25, -0.2) is 0 Å². The molecule has 12 rings (SSSR count). The average Bonchev–Trinajstić information content (AvgIpc) is 3.91. The van der Waals surface area contributed by atoms with Gasteiger partial charge in [-0.15, -0.1) is 0 Å². The Bertz CT molecular complexity index is 3550. The molecule has 0 N–H and O–H groups in total. The van der Waals surface area contributed by atoms with Gasteiger partial charge in [-0.3, -0.25) is 0 Å². The van der Waals surface area contributed by atoms with E-state index in [9.17, 15) is 0 Å². The maximum Gasteiger partial charge on any atom is 0.136 e. The van der Waals surface area contributed by atoms with E-state index in [1.165, 1.54) is 32.9 Å². The van der Waals surface area contributed by atoms with Gasteiger partial charge in [0.25, 0.3) is 0 Å². The van der Waals surface area contributed by atoms with Crippen LogP contribution in [0.4, 0.5) is 17.1 Å². The number of aromatic nitrogens is 1. The lowest BCUT2D eigenvalue weighted by atomic mass is 9.95. The molecule has 3 heteroatoms. The van der Waals surface area contributed by atoms with Crippen molar-refractivity contribution in [3.63, 3.8) is 0 Å². The first-order valence-corrected chi connectivity index (χ1v) is 21.5. The fourth-order valence-electron chi connectivity index (χ4n) is 9.50. The Hall–Kier alpha value is -8.40. The standard InChI is InChI=1S/C60H40N2O/c1-2-15-43(16-3-1)48-17-4-9-23-54(48)61(46-37-33-41(34-38-46)42-35-39-47(40-36-42)62-56-25-11-6-19-51(56)52-20-7-12-26-57(52)62)55-24-10-5-18-49(55)44-29-31-45(32-30-44)50-22-14-28-59-60(50)53-21-8-13-27-58(53)63-59/h1-40H. The van der Waals surface area contributed by atoms with Crippen molar-refractivity contribution in [2.75, 3.05) is 4.90 Å². The minimum atomic E-state index is 0.901. The summed E-state index contributed by atoms with van der Waals surface area (Å²) in [7, 11) is 0. The number of rotatable bonds is 8. The quantitative estimate of drug-likeness (QED) is 0.153. The van der Waals surface area contributed by atoms with Gasteiger partial charge in [-0.1, -0.05) is 182 Å². The van der Waals surface area contributed by atoms with Crippen LogP contribution in [-0.2, 0) is 0 Å². The Labute approximate surface area is 366 Å². The molecule has 0 unspecified atom stereocenters. The summed E-state index contributed by atoms with van der Waals surface area (Å²) < 4.78 is 8.61. The first kappa shape index (κ1) is 36.5. The number of nitrogens with zero attached hydrogens (tertiary/aromatic N) is 2. The monoisotopic (exact) mass is 804 g/mol. The molecule has 0 bridgehead atoms. The molecule has 63 heavy (non-hydrogen) atoms. The summed E-state index contributed by atoms with van der Waals surface area (Å²) in [5, 5.41) is 4.81. The molecule has 3 nitrogen and oxygen atoms in total. The van der Waals surface area contributed by atoms with Crippen molar-refractivity contribution >= 4 is 60.8 Å². The van der Waals surface area contributed by atoms with Crippen molar-refractivity contribution < 1.29 is 4.42 Å².